The van der Waals surface area contributed by atoms with Crippen LogP contribution in [0.3, 0.4) is 0 Å². The molecule has 1 fully saturated rings. The summed E-state index contributed by atoms with van der Waals surface area (Å²) in [4.78, 5) is 68.0. The van der Waals surface area contributed by atoms with Crippen LogP contribution in [0.4, 0.5) is 30.2 Å². The zero-order chi connectivity index (χ0) is 35.5. The Kier molecular flexibility index (Phi) is 13.5. The van der Waals surface area contributed by atoms with Gasteiger partial charge in [0, 0.05) is 34.8 Å². The molecular weight excluding hydrogens is 760 g/mol. The molecule has 5 N–H and O–H groups in total. The summed E-state index contributed by atoms with van der Waals surface area (Å²) >= 11 is 1.90. The molecule has 1 aliphatic heterocycles. The van der Waals surface area contributed by atoms with E-state index in [9.17, 15) is 37.1 Å². The van der Waals surface area contributed by atoms with Gasteiger partial charge in [0.2, 0.25) is 11.8 Å². The molecule has 0 saturated carbocycles. The molecule has 4 rings (SSSR count). The van der Waals surface area contributed by atoms with E-state index < -0.39 is 52.8 Å². The number of nitrogens with zero attached hydrogens (tertiary/aromatic N) is 1. The predicted molar refractivity (Wildman–Crippen MR) is 183 cm³/mol. The molecule has 0 spiro atoms. The number of nitrogens with one attached hydrogen (secondary N) is 5. The molecule has 3 aromatic carbocycles. The van der Waals surface area contributed by atoms with E-state index in [-0.39, 0.29) is 41.8 Å². The fourth-order valence-corrected chi connectivity index (χ4v) is 5.47. The summed E-state index contributed by atoms with van der Waals surface area (Å²) in [5.74, 6) is -5.61. The zero-order valence-corrected chi connectivity index (χ0v) is 28.5. The summed E-state index contributed by atoms with van der Waals surface area (Å²) in [6.07, 6.45) is 1.98. The highest BCUT2D eigenvalue weighted by Crippen LogP contribution is 2.29. The van der Waals surface area contributed by atoms with Gasteiger partial charge in [-0.05, 0) is 91.3 Å². The zero-order valence-electron chi connectivity index (χ0n) is 26.3. The topological polar surface area (TPSA) is 158 Å². The van der Waals surface area contributed by atoms with Crippen molar-refractivity contribution in [3.05, 3.63) is 86.2 Å². The maximum atomic E-state index is 14.6. The van der Waals surface area contributed by atoms with Gasteiger partial charge >= 0.3 is 0 Å². The Morgan fingerprint density at radius 2 is 1.80 bits per heavy atom. The minimum atomic E-state index is -1.34. The first-order chi connectivity index (χ1) is 23.5. The number of likely N-dealkylation sites (N-methyl/N-ethyl adjacent to an activating group) is 1. The third-order valence-electron chi connectivity index (χ3n) is 7.58. The first-order valence-electron chi connectivity index (χ1n) is 15.3. The van der Waals surface area contributed by atoms with Gasteiger partial charge < -0.3 is 20.9 Å². The monoisotopic (exact) mass is 794 g/mol. The van der Waals surface area contributed by atoms with Crippen LogP contribution in [-0.2, 0) is 14.4 Å². The maximum absolute atomic E-state index is 14.6. The Morgan fingerprint density at radius 3 is 2.53 bits per heavy atom. The van der Waals surface area contributed by atoms with E-state index in [2.05, 4.69) is 26.7 Å². The van der Waals surface area contributed by atoms with Crippen LogP contribution in [0.2, 0.25) is 0 Å². The third-order valence-corrected chi connectivity index (χ3v) is 8.25. The minimum absolute atomic E-state index is 0.0971. The van der Waals surface area contributed by atoms with Crippen molar-refractivity contribution in [2.24, 2.45) is 0 Å². The van der Waals surface area contributed by atoms with Crippen molar-refractivity contribution >= 4 is 69.6 Å². The molecule has 1 saturated heterocycles. The lowest BCUT2D eigenvalue weighted by molar-refractivity contribution is -0.136. The van der Waals surface area contributed by atoms with Crippen molar-refractivity contribution in [1.82, 2.24) is 21.0 Å². The smallest absolute Gasteiger partial charge is 0.277 e. The molecule has 49 heavy (non-hydrogen) atoms. The van der Waals surface area contributed by atoms with Crippen LogP contribution < -0.4 is 26.7 Å². The highest BCUT2D eigenvalue weighted by molar-refractivity contribution is 14.1. The number of carbonyl (C=O) groups is 5. The number of imide groups is 1. The summed E-state index contributed by atoms with van der Waals surface area (Å²) in [6.45, 7) is 1.63. The third kappa shape index (κ3) is 9.76. The Hall–Kier alpha value is -4.55. The van der Waals surface area contributed by atoms with Crippen molar-refractivity contribution in [3.8, 4) is 0 Å². The molecule has 0 radical (unpaired) electrons. The van der Waals surface area contributed by atoms with Crippen molar-refractivity contribution in [2.45, 2.75) is 31.7 Å². The Bertz CT molecular complexity index is 1730. The van der Waals surface area contributed by atoms with Crippen LogP contribution in [0.25, 0.3) is 0 Å². The molecule has 3 aromatic rings. The standard InChI is InChI=1S/C33H34F3IN6O6/c1-43(26-11-12-27(45)41-32(26)47)33(48)28-19(18-44)5-2-6-25(28)39-15-3-13-38-14-4-16-49-42-31(46)21-8-9-22(34)29(36)30(21)40-24-10-7-20(37)17-23(24)35/h2,5-10,17-18,26,38-40H,3-4,11-16H2,1H3,(H,42,46)(H,41,45,47). The number of benzene rings is 3. The van der Waals surface area contributed by atoms with Gasteiger partial charge in [-0.25, -0.2) is 18.7 Å². The second kappa shape index (κ2) is 17.7. The van der Waals surface area contributed by atoms with Gasteiger partial charge in [-0.1, -0.05) is 12.1 Å². The summed E-state index contributed by atoms with van der Waals surface area (Å²) in [5.41, 5.74) is 1.96. The van der Waals surface area contributed by atoms with Crippen LogP contribution in [0.15, 0.2) is 48.5 Å². The largest absolute Gasteiger partial charge is 0.384 e. The first kappa shape index (κ1) is 37.3. The molecule has 0 aliphatic carbocycles. The number of hydroxylamine groups is 1. The minimum Gasteiger partial charge on any atom is -0.384 e. The van der Waals surface area contributed by atoms with Gasteiger partial charge in [0.15, 0.2) is 17.9 Å². The quantitative estimate of drug-likeness (QED) is 0.0470. The van der Waals surface area contributed by atoms with E-state index in [0.717, 1.165) is 12.1 Å². The highest BCUT2D eigenvalue weighted by Gasteiger charge is 2.34. The molecular formula is C33H34F3IN6O6. The SMILES string of the molecule is CN(C(=O)c1c(C=O)cccc1NCCCNCCCONC(=O)c1ccc(F)c(F)c1Nc1ccc(I)cc1F)C1CCC(=O)NC1=O. The molecule has 0 bridgehead atoms. The predicted octanol–water partition coefficient (Wildman–Crippen LogP) is 4.29. The molecule has 0 aromatic heterocycles. The number of hydrogen-bond acceptors (Lipinski definition) is 9. The average Bonchev–Trinajstić information content (AvgIpc) is 3.07. The average molecular weight is 795 g/mol. The first-order valence-corrected chi connectivity index (χ1v) is 16.4. The van der Waals surface area contributed by atoms with Crippen LogP contribution in [0.5, 0.6) is 0 Å². The Morgan fingerprint density at radius 1 is 1.02 bits per heavy atom. The summed E-state index contributed by atoms with van der Waals surface area (Å²) in [5, 5.41) is 11.1. The molecule has 1 heterocycles. The molecule has 4 amide bonds. The normalized spacial score (nSPS) is 14.2. The lowest BCUT2D eigenvalue weighted by atomic mass is 10.0. The van der Waals surface area contributed by atoms with E-state index in [1.165, 1.54) is 30.1 Å². The fourth-order valence-electron chi connectivity index (χ4n) is 5.01. The van der Waals surface area contributed by atoms with E-state index in [1.54, 1.807) is 18.2 Å². The Balaban J connectivity index is 1.19. The Labute approximate surface area is 293 Å². The van der Waals surface area contributed by atoms with Crippen LogP contribution in [-0.4, -0.2) is 74.1 Å². The second-order valence-corrected chi connectivity index (χ2v) is 12.2. The van der Waals surface area contributed by atoms with Gasteiger partial charge in [-0.3, -0.25) is 34.1 Å². The number of anilines is 3. The number of rotatable bonds is 16. The summed E-state index contributed by atoms with van der Waals surface area (Å²) in [6, 6.07) is 9.93. The highest BCUT2D eigenvalue weighted by atomic mass is 127. The van der Waals surface area contributed by atoms with Gasteiger partial charge in [0.05, 0.1) is 29.1 Å². The molecule has 260 valence electrons. The molecule has 1 atom stereocenters. The number of carbonyl (C=O) groups excluding carboxylic acids is 5. The second-order valence-electron chi connectivity index (χ2n) is 11.0. The van der Waals surface area contributed by atoms with Crippen LogP contribution >= 0.6 is 22.6 Å². The van der Waals surface area contributed by atoms with Crippen LogP contribution in [0, 0.1) is 21.0 Å². The molecule has 1 unspecified atom stereocenters. The van der Waals surface area contributed by atoms with Crippen molar-refractivity contribution < 1.29 is 42.0 Å². The van der Waals surface area contributed by atoms with Gasteiger partial charge in [-0.2, -0.15) is 0 Å². The van der Waals surface area contributed by atoms with Gasteiger partial charge in [-0.15, -0.1) is 0 Å². The number of hydrogen-bond donors (Lipinski definition) is 5. The summed E-state index contributed by atoms with van der Waals surface area (Å²) in [7, 11) is 1.46. The maximum Gasteiger partial charge on any atom is 0.277 e. The van der Waals surface area contributed by atoms with E-state index in [1.807, 2.05) is 22.6 Å². The van der Waals surface area contributed by atoms with Gasteiger partial charge in [0.1, 0.15) is 11.9 Å². The van der Waals surface area contributed by atoms with E-state index in [4.69, 9.17) is 4.84 Å². The van der Waals surface area contributed by atoms with Gasteiger partial charge in [0.25, 0.3) is 11.8 Å². The number of halogens is 4. The molecule has 1 aliphatic rings. The lowest BCUT2D eigenvalue weighted by Gasteiger charge is -2.30. The van der Waals surface area contributed by atoms with E-state index >= 15 is 0 Å². The lowest BCUT2D eigenvalue weighted by Crippen LogP contribution is -2.53. The molecule has 12 nitrogen and oxygen atoms in total. The van der Waals surface area contributed by atoms with Crippen molar-refractivity contribution in [3.63, 3.8) is 0 Å². The molecule has 16 heteroatoms. The van der Waals surface area contributed by atoms with Crippen LogP contribution in [0.1, 0.15) is 56.8 Å². The fraction of sp³-hybridized carbons (Fsp3) is 0.303. The van der Waals surface area contributed by atoms with E-state index in [0.29, 0.717) is 48.0 Å². The van der Waals surface area contributed by atoms with Crippen molar-refractivity contribution in [1.29, 1.82) is 0 Å². The number of amides is 4. The summed E-state index contributed by atoms with van der Waals surface area (Å²) < 4.78 is 43.5. The number of piperidine rings is 1. The number of aldehydes is 1. The van der Waals surface area contributed by atoms with Crippen molar-refractivity contribution in [2.75, 3.05) is 43.9 Å².